The number of carboxylic acids is 1. The standard InChI is InChI=1S/C13H17NO3/c1-8-3-4-10(5-9(8)2)13(6-17-7-13)11(14)12(15)16/h3-5,11H,6-7,14H2,1-2H3,(H,15,16). The molecule has 4 heteroatoms. The first-order valence-corrected chi connectivity index (χ1v) is 5.61. The molecule has 1 fully saturated rings. The van der Waals surface area contributed by atoms with Gasteiger partial charge in [-0.2, -0.15) is 0 Å². The lowest BCUT2D eigenvalue weighted by atomic mass is 9.72. The number of hydrogen-bond donors (Lipinski definition) is 2. The van der Waals surface area contributed by atoms with E-state index in [-0.39, 0.29) is 0 Å². The monoisotopic (exact) mass is 235 g/mol. The molecule has 1 heterocycles. The lowest BCUT2D eigenvalue weighted by Crippen LogP contribution is -2.61. The molecule has 4 nitrogen and oxygen atoms in total. The van der Waals surface area contributed by atoms with Crippen molar-refractivity contribution in [3.8, 4) is 0 Å². The highest BCUT2D eigenvalue weighted by atomic mass is 16.5. The van der Waals surface area contributed by atoms with Gasteiger partial charge in [0.25, 0.3) is 0 Å². The summed E-state index contributed by atoms with van der Waals surface area (Å²) in [5.74, 6) is -0.980. The molecule has 1 aliphatic heterocycles. The number of nitrogens with two attached hydrogens (primary N) is 1. The molecule has 1 atom stereocenters. The van der Waals surface area contributed by atoms with Crippen LogP contribution in [-0.4, -0.2) is 30.3 Å². The number of aryl methyl sites for hydroxylation is 2. The van der Waals surface area contributed by atoms with Crippen molar-refractivity contribution in [3.05, 3.63) is 34.9 Å². The molecule has 3 N–H and O–H groups in total. The van der Waals surface area contributed by atoms with Crippen LogP contribution in [0.3, 0.4) is 0 Å². The van der Waals surface area contributed by atoms with Gasteiger partial charge in [-0.25, -0.2) is 0 Å². The van der Waals surface area contributed by atoms with Crippen molar-refractivity contribution in [1.29, 1.82) is 0 Å². The molecule has 1 aliphatic rings. The number of rotatable bonds is 3. The van der Waals surface area contributed by atoms with Crippen LogP contribution in [0.2, 0.25) is 0 Å². The quantitative estimate of drug-likeness (QED) is 0.819. The molecule has 1 saturated heterocycles. The zero-order valence-corrected chi connectivity index (χ0v) is 10.1. The number of carboxylic acid groups (broad SMARTS) is 1. The van der Waals surface area contributed by atoms with Gasteiger partial charge >= 0.3 is 5.97 Å². The van der Waals surface area contributed by atoms with Gasteiger partial charge in [-0.15, -0.1) is 0 Å². The summed E-state index contributed by atoms with van der Waals surface area (Å²) in [6.07, 6.45) is 0. The van der Waals surface area contributed by atoms with Gasteiger partial charge in [0.15, 0.2) is 0 Å². The van der Waals surface area contributed by atoms with Crippen LogP contribution in [0, 0.1) is 13.8 Å². The third kappa shape index (κ3) is 1.83. The Labute approximate surface area is 100 Å². The summed E-state index contributed by atoms with van der Waals surface area (Å²) in [5.41, 5.74) is 8.52. The summed E-state index contributed by atoms with van der Waals surface area (Å²) in [4.78, 5) is 11.1. The van der Waals surface area contributed by atoms with E-state index in [4.69, 9.17) is 15.6 Å². The lowest BCUT2D eigenvalue weighted by Gasteiger charge is -2.44. The summed E-state index contributed by atoms with van der Waals surface area (Å²) in [5, 5.41) is 9.09. The Hall–Kier alpha value is -1.39. The van der Waals surface area contributed by atoms with E-state index >= 15 is 0 Å². The van der Waals surface area contributed by atoms with E-state index in [1.807, 2.05) is 32.0 Å². The summed E-state index contributed by atoms with van der Waals surface area (Å²) < 4.78 is 5.19. The van der Waals surface area contributed by atoms with Crippen molar-refractivity contribution >= 4 is 5.97 Å². The van der Waals surface area contributed by atoms with E-state index in [1.54, 1.807) is 0 Å². The zero-order chi connectivity index (χ0) is 12.6. The zero-order valence-electron chi connectivity index (χ0n) is 10.1. The van der Waals surface area contributed by atoms with E-state index in [9.17, 15) is 4.79 Å². The number of benzene rings is 1. The minimum Gasteiger partial charge on any atom is -0.480 e. The molecule has 0 amide bonds. The fourth-order valence-corrected chi connectivity index (χ4v) is 2.14. The van der Waals surface area contributed by atoms with E-state index in [2.05, 4.69) is 0 Å². The van der Waals surface area contributed by atoms with Crippen LogP contribution in [0.15, 0.2) is 18.2 Å². The maximum atomic E-state index is 11.1. The van der Waals surface area contributed by atoms with Crippen molar-refractivity contribution < 1.29 is 14.6 Å². The molecular formula is C13H17NO3. The number of aliphatic carboxylic acids is 1. The number of carbonyl (C=O) groups is 1. The Morgan fingerprint density at radius 3 is 2.47 bits per heavy atom. The number of ether oxygens (including phenoxy) is 1. The summed E-state index contributed by atoms with van der Waals surface area (Å²) in [6.45, 7) is 4.80. The fraction of sp³-hybridized carbons (Fsp3) is 0.462. The average Bonchev–Trinajstić information content (AvgIpc) is 2.21. The second-order valence-corrected chi connectivity index (χ2v) is 4.76. The Morgan fingerprint density at radius 1 is 1.41 bits per heavy atom. The third-order valence-corrected chi connectivity index (χ3v) is 3.66. The Balaban J connectivity index is 2.41. The maximum absolute atomic E-state index is 11.1. The van der Waals surface area contributed by atoms with Gasteiger partial charge in [0.2, 0.25) is 0 Å². The van der Waals surface area contributed by atoms with Crippen LogP contribution < -0.4 is 5.73 Å². The van der Waals surface area contributed by atoms with Crippen LogP contribution in [0.1, 0.15) is 16.7 Å². The molecule has 1 unspecified atom stereocenters. The smallest absolute Gasteiger partial charge is 0.321 e. The molecule has 0 saturated carbocycles. The Bertz CT molecular complexity index is 452. The van der Waals surface area contributed by atoms with Gasteiger partial charge in [0.05, 0.1) is 18.6 Å². The summed E-state index contributed by atoms with van der Waals surface area (Å²) in [6, 6.07) is 5.05. The molecule has 0 spiro atoms. The van der Waals surface area contributed by atoms with Crippen LogP contribution in [-0.2, 0) is 14.9 Å². The van der Waals surface area contributed by atoms with E-state index < -0.39 is 17.4 Å². The van der Waals surface area contributed by atoms with Crippen LogP contribution in [0.25, 0.3) is 0 Å². The third-order valence-electron chi connectivity index (χ3n) is 3.66. The Morgan fingerprint density at radius 2 is 2.06 bits per heavy atom. The van der Waals surface area contributed by atoms with Gasteiger partial charge in [-0.05, 0) is 30.5 Å². The second kappa shape index (κ2) is 4.13. The molecule has 1 aromatic carbocycles. The summed E-state index contributed by atoms with van der Waals surface area (Å²) >= 11 is 0. The predicted molar refractivity (Wildman–Crippen MR) is 64.0 cm³/mol. The first-order valence-electron chi connectivity index (χ1n) is 5.61. The highest BCUT2D eigenvalue weighted by Gasteiger charge is 2.49. The van der Waals surface area contributed by atoms with Gasteiger partial charge in [0, 0.05) is 0 Å². The van der Waals surface area contributed by atoms with E-state index in [0.717, 1.165) is 11.1 Å². The van der Waals surface area contributed by atoms with Crippen molar-refractivity contribution in [3.63, 3.8) is 0 Å². The van der Waals surface area contributed by atoms with Crippen molar-refractivity contribution in [1.82, 2.24) is 0 Å². The van der Waals surface area contributed by atoms with Crippen LogP contribution >= 0.6 is 0 Å². The molecule has 0 aliphatic carbocycles. The molecule has 0 bridgehead atoms. The largest absolute Gasteiger partial charge is 0.480 e. The highest BCUT2D eigenvalue weighted by molar-refractivity contribution is 5.76. The summed E-state index contributed by atoms with van der Waals surface area (Å²) in [7, 11) is 0. The van der Waals surface area contributed by atoms with Gasteiger partial charge in [-0.1, -0.05) is 18.2 Å². The van der Waals surface area contributed by atoms with Gasteiger partial charge in [0.1, 0.15) is 6.04 Å². The van der Waals surface area contributed by atoms with E-state index in [1.165, 1.54) is 5.56 Å². The Kier molecular flexibility index (Phi) is 2.93. The minimum absolute atomic E-state index is 0.378. The molecular weight excluding hydrogens is 218 g/mol. The highest BCUT2D eigenvalue weighted by Crippen LogP contribution is 2.36. The molecule has 1 aromatic rings. The molecule has 17 heavy (non-hydrogen) atoms. The van der Waals surface area contributed by atoms with Gasteiger partial charge in [-0.3, -0.25) is 4.79 Å². The number of hydrogen-bond acceptors (Lipinski definition) is 3. The lowest BCUT2D eigenvalue weighted by molar-refractivity contribution is -0.148. The molecule has 0 aromatic heterocycles. The van der Waals surface area contributed by atoms with Crippen molar-refractivity contribution in [2.45, 2.75) is 25.3 Å². The normalized spacial score (nSPS) is 19.5. The first-order chi connectivity index (χ1) is 7.97. The van der Waals surface area contributed by atoms with Gasteiger partial charge < -0.3 is 15.6 Å². The SMILES string of the molecule is Cc1ccc(C2(C(N)C(=O)O)COC2)cc1C. The molecule has 0 radical (unpaired) electrons. The van der Waals surface area contributed by atoms with Crippen LogP contribution in [0.4, 0.5) is 0 Å². The van der Waals surface area contributed by atoms with Crippen molar-refractivity contribution in [2.75, 3.05) is 13.2 Å². The maximum Gasteiger partial charge on any atom is 0.321 e. The molecule has 92 valence electrons. The minimum atomic E-state index is -0.980. The second-order valence-electron chi connectivity index (χ2n) is 4.76. The predicted octanol–water partition coefficient (Wildman–Crippen LogP) is 0.983. The average molecular weight is 235 g/mol. The first kappa shape index (κ1) is 12.1. The van der Waals surface area contributed by atoms with Crippen LogP contribution in [0.5, 0.6) is 0 Å². The topological polar surface area (TPSA) is 72.6 Å². The fourth-order valence-electron chi connectivity index (χ4n) is 2.14. The molecule has 2 rings (SSSR count). The van der Waals surface area contributed by atoms with Crippen molar-refractivity contribution in [2.24, 2.45) is 5.73 Å². The van der Waals surface area contributed by atoms with E-state index in [0.29, 0.717) is 13.2 Å².